The number of halogens is 2. The standard InChI is InChI=1S/C35H37Cl2N3O4S/c1-3-4-22-38-35(42)33(23-27-15-7-5-8-16-27)39(24-29-30(36)19-13-20-31(29)37)34(41)25-40(32-21-12-11-14-26(32)2)45(43,44)28-17-9-6-10-18-28/h5-21,33H,3-4,22-25H2,1-2H3,(H,38,42)/t33-/m1/s1. The monoisotopic (exact) mass is 665 g/mol. The topological polar surface area (TPSA) is 86.8 Å². The van der Waals surface area contributed by atoms with Crippen molar-refractivity contribution in [3.8, 4) is 0 Å². The van der Waals surface area contributed by atoms with E-state index in [0.717, 1.165) is 22.7 Å². The third kappa shape index (κ3) is 8.66. The molecule has 0 aromatic heterocycles. The molecule has 4 rings (SSSR count). The fraction of sp³-hybridized carbons (Fsp3) is 0.257. The Balaban J connectivity index is 1.82. The number of benzene rings is 4. The van der Waals surface area contributed by atoms with Crippen molar-refractivity contribution in [2.45, 2.75) is 50.6 Å². The first-order valence-corrected chi connectivity index (χ1v) is 17.0. The molecule has 0 aliphatic carbocycles. The number of carbonyl (C=O) groups is 2. The molecule has 236 valence electrons. The van der Waals surface area contributed by atoms with E-state index < -0.39 is 28.5 Å². The first-order chi connectivity index (χ1) is 21.6. The smallest absolute Gasteiger partial charge is 0.264 e. The molecule has 1 N–H and O–H groups in total. The Labute approximate surface area is 275 Å². The molecule has 4 aromatic carbocycles. The highest BCUT2D eigenvalue weighted by atomic mass is 35.5. The number of nitrogens with one attached hydrogen (secondary N) is 1. The predicted molar refractivity (Wildman–Crippen MR) is 181 cm³/mol. The lowest BCUT2D eigenvalue weighted by Gasteiger charge is -2.34. The summed E-state index contributed by atoms with van der Waals surface area (Å²) in [6.45, 7) is 3.58. The Morgan fingerprint density at radius 3 is 2.04 bits per heavy atom. The number of amides is 2. The second-order valence-corrected chi connectivity index (χ2v) is 13.4. The Morgan fingerprint density at radius 2 is 1.42 bits per heavy atom. The zero-order valence-corrected chi connectivity index (χ0v) is 27.7. The molecular formula is C35H37Cl2N3O4S. The number of carbonyl (C=O) groups excluding carboxylic acids is 2. The van der Waals surface area contributed by atoms with Gasteiger partial charge in [-0.05, 0) is 54.8 Å². The number of hydrogen-bond acceptors (Lipinski definition) is 4. The van der Waals surface area contributed by atoms with Gasteiger partial charge in [0, 0.05) is 35.1 Å². The van der Waals surface area contributed by atoms with Crippen molar-refractivity contribution >= 4 is 50.7 Å². The van der Waals surface area contributed by atoms with Gasteiger partial charge in [0.1, 0.15) is 12.6 Å². The number of hydrogen-bond donors (Lipinski definition) is 1. The summed E-state index contributed by atoms with van der Waals surface area (Å²) in [5.41, 5.74) is 2.33. The van der Waals surface area contributed by atoms with Gasteiger partial charge in [0.05, 0.1) is 10.6 Å². The van der Waals surface area contributed by atoms with Gasteiger partial charge in [0.15, 0.2) is 0 Å². The minimum absolute atomic E-state index is 0.0416. The Morgan fingerprint density at radius 1 is 0.822 bits per heavy atom. The van der Waals surface area contributed by atoms with E-state index in [1.807, 2.05) is 37.3 Å². The van der Waals surface area contributed by atoms with Crippen molar-refractivity contribution < 1.29 is 18.0 Å². The van der Waals surface area contributed by atoms with E-state index in [2.05, 4.69) is 5.32 Å². The van der Waals surface area contributed by atoms with Crippen molar-refractivity contribution in [3.05, 3.63) is 130 Å². The molecule has 0 saturated heterocycles. The predicted octanol–water partition coefficient (Wildman–Crippen LogP) is 7.05. The minimum Gasteiger partial charge on any atom is -0.354 e. The van der Waals surface area contributed by atoms with Crippen LogP contribution in [0.15, 0.2) is 108 Å². The molecule has 0 aliphatic heterocycles. The van der Waals surface area contributed by atoms with Gasteiger partial charge < -0.3 is 10.2 Å². The second-order valence-electron chi connectivity index (χ2n) is 10.7. The lowest BCUT2D eigenvalue weighted by molar-refractivity contribution is -0.140. The molecule has 0 bridgehead atoms. The molecule has 0 spiro atoms. The number of para-hydroxylation sites is 1. The molecule has 0 heterocycles. The SMILES string of the molecule is CCCCNC(=O)[C@@H](Cc1ccccc1)N(Cc1c(Cl)cccc1Cl)C(=O)CN(c1ccccc1C)S(=O)(=O)c1ccccc1. The summed E-state index contributed by atoms with van der Waals surface area (Å²) in [4.78, 5) is 29.9. The number of rotatable bonds is 14. The van der Waals surface area contributed by atoms with Crippen LogP contribution in [0.4, 0.5) is 5.69 Å². The number of sulfonamides is 1. The van der Waals surface area contributed by atoms with E-state index in [1.165, 1.54) is 17.0 Å². The molecule has 4 aromatic rings. The number of anilines is 1. The maximum Gasteiger partial charge on any atom is 0.264 e. The zero-order chi connectivity index (χ0) is 32.4. The average Bonchev–Trinajstić information content (AvgIpc) is 3.04. The molecule has 0 radical (unpaired) electrons. The van der Waals surface area contributed by atoms with Gasteiger partial charge >= 0.3 is 0 Å². The molecule has 2 amide bonds. The van der Waals surface area contributed by atoms with E-state index >= 15 is 0 Å². The molecule has 1 atom stereocenters. The summed E-state index contributed by atoms with van der Waals surface area (Å²) in [5.74, 6) is -0.933. The molecular weight excluding hydrogens is 629 g/mol. The van der Waals surface area contributed by atoms with Crippen LogP contribution in [0.1, 0.15) is 36.5 Å². The number of aryl methyl sites for hydroxylation is 1. The van der Waals surface area contributed by atoms with Crippen LogP contribution in [0.2, 0.25) is 10.0 Å². The third-order valence-electron chi connectivity index (χ3n) is 7.49. The Hall–Kier alpha value is -3.85. The van der Waals surface area contributed by atoms with Crippen molar-refractivity contribution in [1.29, 1.82) is 0 Å². The maximum absolute atomic E-state index is 14.6. The third-order valence-corrected chi connectivity index (χ3v) is 9.97. The summed E-state index contributed by atoms with van der Waals surface area (Å²) in [6.07, 6.45) is 1.84. The molecule has 7 nitrogen and oxygen atoms in total. The van der Waals surface area contributed by atoms with E-state index in [9.17, 15) is 18.0 Å². The van der Waals surface area contributed by atoms with E-state index in [4.69, 9.17) is 23.2 Å². The fourth-order valence-corrected chi connectivity index (χ4v) is 7.01. The Kier molecular flexibility index (Phi) is 12.0. The van der Waals surface area contributed by atoms with Gasteiger partial charge in [0.25, 0.3) is 10.0 Å². The zero-order valence-electron chi connectivity index (χ0n) is 25.3. The fourth-order valence-electron chi connectivity index (χ4n) is 4.99. The molecule has 0 fully saturated rings. The van der Waals surface area contributed by atoms with Crippen LogP contribution < -0.4 is 9.62 Å². The molecule has 0 aliphatic rings. The molecule has 0 unspecified atom stereocenters. The van der Waals surface area contributed by atoms with E-state index in [0.29, 0.717) is 33.4 Å². The Bertz CT molecular complexity index is 1680. The first kappa shape index (κ1) is 34.0. The largest absolute Gasteiger partial charge is 0.354 e. The highest BCUT2D eigenvalue weighted by Crippen LogP contribution is 2.30. The van der Waals surface area contributed by atoms with Crippen molar-refractivity contribution in [2.75, 3.05) is 17.4 Å². The van der Waals surface area contributed by atoms with Crippen molar-refractivity contribution in [3.63, 3.8) is 0 Å². The number of unbranched alkanes of at least 4 members (excludes halogenated alkanes) is 1. The van der Waals surface area contributed by atoms with Gasteiger partial charge in [-0.2, -0.15) is 0 Å². The summed E-state index contributed by atoms with van der Waals surface area (Å²) < 4.78 is 29.3. The van der Waals surface area contributed by atoms with Crippen LogP contribution >= 0.6 is 23.2 Å². The maximum atomic E-state index is 14.6. The second kappa shape index (κ2) is 15.9. The van der Waals surface area contributed by atoms with E-state index in [1.54, 1.807) is 67.6 Å². The quantitative estimate of drug-likeness (QED) is 0.146. The summed E-state index contributed by atoms with van der Waals surface area (Å²) in [5, 5.41) is 3.64. The summed E-state index contributed by atoms with van der Waals surface area (Å²) in [6, 6.07) is 28.4. The van der Waals surface area contributed by atoms with Gasteiger partial charge in [-0.15, -0.1) is 0 Å². The van der Waals surface area contributed by atoms with Crippen LogP contribution in [0.25, 0.3) is 0 Å². The number of nitrogens with zero attached hydrogens (tertiary/aromatic N) is 2. The van der Waals surface area contributed by atoms with Gasteiger partial charge in [-0.3, -0.25) is 13.9 Å². The van der Waals surface area contributed by atoms with Gasteiger partial charge in [-0.1, -0.05) is 109 Å². The van der Waals surface area contributed by atoms with Gasteiger partial charge in [-0.25, -0.2) is 8.42 Å². The highest BCUT2D eigenvalue weighted by Gasteiger charge is 2.35. The first-order valence-electron chi connectivity index (χ1n) is 14.8. The molecule has 10 heteroatoms. The van der Waals surface area contributed by atoms with Crippen molar-refractivity contribution in [1.82, 2.24) is 10.2 Å². The van der Waals surface area contributed by atoms with Gasteiger partial charge in [0.2, 0.25) is 11.8 Å². The summed E-state index contributed by atoms with van der Waals surface area (Å²) >= 11 is 13.1. The molecule has 0 saturated carbocycles. The van der Waals surface area contributed by atoms with Crippen LogP contribution in [-0.2, 0) is 32.6 Å². The normalized spacial score (nSPS) is 11.9. The van der Waals surface area contributed by atoms with E-state index in [-0.39, 0.29) is 23.8 Å². The van der Waals surface area contributed by atoms with Crippen LogP contribution in [-0.4, -0.2) is 44.3 Å². The van der Waals surface area contributed by atoms with Crippen LogP contribution in [0.3, 0.4) is 0 Å². The lowest BCUT2D eigenvalue weighted by atomic mass is 10.0. The van der Waals surface area contributed by atoms with Crippen LogP contribution in [0, 0.1) is 6.92 Å². The van der Waals surface area contributed by atoms with Crippen molar-refractivity contribution in [2.24, 2.45) is 0 Å². The molecule has 45 heavy (non-hydrogen) atoms. The average molecular weight is 667 g/mol. The highest BCUT2D eigenvalue weighted by molar-refractivity contribution is 7.92. The summed E-state index contributed by atoms with van der Waals surface area (Å²) in [7, 11) is -4.18. The lowest BCUT2D eigenvalue weighted by Crippen LogP contribution is -2.53. The van der Waals surface area contributed by atoms with Crippen LogP contribution in [0.5, 0.6) is 0 Å². The minimum atomic E-state index is -4.18.